The molecule has 5 nitrogen and oxygen atoms in total. The third-order valence-electron chi connectivity index (χ3n) is 4.02. The molecule has 1 aromatic carbocycles. The molecule has 1 N–H and O–H groups in total. The molecule has 2 unspecified atom stereocenters. The number of likely N-dealkylation sites (tertiary alicyclic amines) is 1. The number of β-amino-alcohol motifs (C(OH)–C–C–N with tert-alkyl or cyclic N) is 1. The van der Waals surface area contributed by atoms with E-state index in [4.69, 9.17) is 0 Å². The van der Waals surface area contributed by atoms with Crippen molar-refractivity contribution in [3.8, 4) is 0 Å². The monoisotopic (exact) mass is 326 g/mol. The minimum absolute atomic E-state index is 0.195. The molecule has 8 heteroatoms. The van der Waals surface area contributed by atoms with Crippen LogP contribution in [0.3, 0.4) is 0 Å². The summed E-state index contributed by atoms with van der Waals surface area (Å²) in [6.07, 6.45) is -3.08. The molecule has 2 atom stereocenters. The van der Waals surface area contributed by atoms with Crippen LogP contribution in [0.2, 0.25) is 0 Å². The number of nitrogens with zero attached hydrogens (tertiary/aromatic N) is 4. The molecule has 0 saturated carbocycles. The Kier molecular flexibility index (Phi) is 4.11. The van der Waals surface area contributed by atoms with Crippen LogP contribution in [0, 0.1) is 0 Å². The Bertz CT molecular complexity index is 685. The molecule has 3 rings (SSSR count). The van der Waals surface area contributed by atoms with Crippen LogP contribution >= 0.6 is 0 Å². The van der Waals surface area contributed by atoms with Crippen LogP contribution in [0.5, 0.6) is 0 Å². The van der Waals surface area contributed by atoms with Gasteiger partial charge in [-0.15, -0.1) is 5.10 Å². The van der Waals surface area contributed by atoms with Crippen LogP contribution in [-0.2, 0) is 19.8 Å². The molecule has 2 aromatic rings. The van der Waals surface area contributed by atoms with E-state index >= 15 is 0 Å². The van der Waals surface area contributed by atoms with Crippen molar-refractivity contribution in [3.05, 3.63) is 47.3 Å². The van der Waals surface area contributed by atoms with Gasteiger partial charge in [-0.3, -0.25) is 9.58 Å². The molecule has 1 aliphatic heterocycles. The number of aliphatic hydroxyl groups is 1. The van der Waals surface area contributed by atoms with Gasteiger partial charge >= 0.3 is 6.18 Å². The minimum Gasteiger partial charge on any atom is -0.392 e. The molecule has 0 radical (unpaired) electrons. The maximum Gasteiger partial charge on any atom is 0.416 e. The summed E-state index contributed by atoms with van der Waals surface area (Å²) in [6, 6.07) is 5.04. The second-order valence-corrected chi connectivity index (χ2v) is 5.80. The maximum atomic E-state index is 13.2. The number of hydrogen-bond donors (Lipinski definition) is 1. The van der Waals surface area contributed by atoms with Crippen LogP contribution in [0.4, 0.5) is 13.2 Å². The molecule has 2 heterocycles. The summed E-state index contributed by atoms with van der Waals surface area (Å²) in [7, 11) is 1.73. The molecule has 0 spiro atoms. The molecule has 0 amide bonds. The maximum absolute atomic E-state index is 13.2. The highest BCUT2D eigenvalue weighted by Crippen LogP contribution is 2.40. The van der Waals surface area contributed by atoms with Gasteiger partial charge in [0.2, 0.25) is 0 Å². The second kappa shape index (κ2) is 5.93. The average molecular weight is 326 g/mol. The Balaban J connectivity index is 1.91. The zero-order chi connectivity index (χ0) is 16.6. The minimum atomic E-state index is -4.41. The molecular weight excluding hydrogens is 309 g/mol. The van der Waals surface area contributed by atoms with Crippen LogP contribution in [-0.4, -0.2) is 37.6 Å². The van der Waals surface area contributed by atoms with Crippen molar-refractivity contribution >= 4 is 0 Å². The van der Waals surface area contributed by atoms with Gasteiger partial charge in [0.05, 0.1) is 17.4 Å². The molecule has 0 aliphatic carbocycles. The van der Waals surface area contributed by atoms with Gasteiger partial charge in [-0.05, 0) is 18.1 Å². The van der Waals surface area contributed by atoms with Crippen LogP contribution in [0.1, 0.15) is 29.3 Å². The lowest BCUT2D eigenvalue weighted by Crippen LogP contribution is -2.26. The number of aliphatic hydroxyl groups excluding tert-OH is 1. The summed E-state index contributed by atoms with van der Waals surface area (Å²) in [5.41, 5.74) is 0.208. The SMILES string of the molecule is Cn1cc(CN2CC(O)CC2c2ccccc2C(F)(F)F)nn1. The van der Waals surface area contributed by atoms with E-state index in [1.54, 1.807) is 24.0 Å². The fourth-order valence-electron chi connectivity index (χ4n) is 3.10. The molecular formula is C15H17F3N4O. The van der Waals surface area contributed by atoms with Gasteiger partial charge < -0.3 is 5.11 Å². The first-order valence-electron chi connectivity index (χ1n) is 7.28. The van der Waals surface area contributed by atoms with E-state index in [0.717, 1.165) is 6.07 Å². The largest absolute Gasteiger partial charge is 0.416 e. The van der Waals surface area contributed by atoms with Gasteiger partial charge in [-0.2, -0.15) is 13.2 Å². The Morgan fingerprint density at radius 2 is 2.04 bits per heavy atom. The predicted molar refractivity (Wildman–Crippen MR) is 76.2 cm³/mol. The van der Waals surface area contributed by atoms with E-state index in [2.05, 4.69) is 10.3 Å². The highest BCUT2D eigenvalue weighted by molar-refractivity contribution is 5.33. The summed E-state index contributed by atoms with van der Waals surface area (Å²) < 4.78 is 41.3. The van der Waals surface area contributed by atoms with Crippen LogP contribution < -0.4 is 0 Å². The number of benzene rings is 1. The topological polar surface area (TPSA) is 54.2 Å². The first-order valence-corrected chi connectivity index (χ1v) is 7.28. The quantitative estimate of drug-likeness (QED) is 0.939. The smallest absolute Gasteiger partial charge is 0.392 e. The highest BCUT2D eigenvalue weighted by atomic mass is 19.4. The molecule has 1 aliphatic rings. The van der Waals surface area contributed by atoms with Gasteiger partial charge in [-0.25, -0.2) is 0 Å². The van der Waals surface area contributed by atoms with E-state index in [0.29, 0.717) is 18.8 Å². The zero-order valence-corrected chi connectivity index (χ0v) is 12.5. The Morgan fingerprint density at radius 1 is 1.30 bits per heavy atom. The number of halogens is 3. The van der Waals surface area contributed by atoms with Gasteiger partial charge in [-0.1, -0.05) is 23.4 Å². The third kappa shape index (κ3) is 3.37. The van der Waals surface area contributed by atoms with Crippen molar-refractivity contribution < 1.29 is 18.3 Å². The first-order chi connectivity index (χ1) is 10.8. The first kappa shape index (κ1) is 15.9. The summed E-state index contributed by atoms with van der Waals surface area (Å²) in [4.78, 5) is 1.82. The molecule has 23 heavy (non-hydrogen) atoms. The van der Waals surface area contributed by atoms with Crippen molar-refractivity contribution in [1.82, 2.24) is 19.9 Å². The fourth-order valence-corrected chi connectivity index (χ4v) is 3.10. The Labute approximate surface area is 131 Å². The van der Waals surface area contributed by atoms with Crippen LogP contribution in [0.15, 0.2) is 30.5 Å². The highest BCUT2D eigenvalue weighted by Gasteiger charge is 2.39. The number of aromatic nitrogens is 3. The zero-order valence-electron chi connectivity index (χ0n) is 12.5. The van der Waals surface area contributed by atoms with E-state index in [1.807, 2.05) is 4.90 Å². The van der Waals surface area contributed by atoms with Crippen molar-refractivity contribution in [2.24, 2.45) is 7.05 Å². The lowest BCUT2D eigenvalue weighted by molar-refractivity contribution is -0.138. The van der Waals surface area contributed by atoms with Crippen LogP contribution in [0.25, 0.3) is 0 Å². The van der Waals surface area contributed by atoms with Crippen molar-refractivity contribution in [2.45, 2.75) is 31.3 Å². The van der Waals surface area contributed by atoms with Gasteiger partial charge in [0.15, 0.2) is 0 Å². The Morgan fingerprint density at radius 3 is 2.70 bits per heavy atom. The molecule has 1 saturated heterocycles. The second-order valence-electron chi connectivity index (χ2n) is 5.80. The van der Waals surface area contributed by atoms with Gasteiger partial charge in [0, 0.05) is 32.4 Å². The summed E-state index contributed by atoms with van der Waals surface area (Å²) in [5, 5.41) is 17.7. The number of hydrogen-bond acceptors (Lipinski definition) is 4. The van der Waals surface area contributed by atoms with E-state index < -0.39 is 23.9 Å². The number of rotatable bonds is 3. The number of alkyl halides is 3. The summed E-state index contributed by atoms with van der Waals surface area (Å²) >= 11 is 0. The van der Waals surface area contributed by atoms with Crippen molar-refractivity contribution in [1.29, 1.82) is 0 Å². The van der Waals surface area contributed by atoms with Crippen molar-refractivity contribution in [2.75, 3.05) is 6.54 Å². The number of aryl methyl sites for hydroxylation is 1. The van der Waals surface area contributed by atoms with Gasteiger partial charge in [0.25, 0.3) is 0 Å². The van der Waals surface area contributed by atoms with Crippen molar-refractivity contribution in [3.63, 3.8) is 0 Å². The molecule has 0 bridgehead atoms. The average Bonchev–Trinajstić information content (AvgIpc) is 3.04. The van der Waals surface area contributed by atoms with Gasteiger partial charge in [0.1, 0.15) is 0 Å². The third-order valence-corrected chi connectivity index (χ3v) is 4.02. The van der Waals surface area contributed by atoms with E-state index in [-0.39, 0.29) is 12.0 Å². The predicted octanol–water partition coefficient (Wildman–Crippen LogP) is 2.14. The van der Waals surface area contributed by atoms with E-state index in [9.17, 15) is 18.3 Å². The Hall–Kier alpha value is -1.93. The lowest BCUT2D eigenvalue weighted by Gasteiger charge is -2.26. The molecule has 1 aromatic heterocycles. The standard InChI is InChI=1S/C15H17F3N4O/c1-21-7-10(19-20-21)8-22-9-11(23)6-14(22)12-4-2-3-5-13(12)15(16,17)18/h2-5,7,11,14,23H,6,8-9H2,1H3. The molecule has 124 valence electrons. The fraction of sp³-hybridized carbons (Fsp3) is 0.467. The molecule has 1 fully saturated rings. The normalized spacial score (nSPS) is 22.7. The van der Waals surface area contributed by atoms with E-state index in [1.165, 1.54) is 12.1 Å². The summed E-state index contributed by atoms with van der Waals surface area (Å²) in [5.74, 6) is 0. The summed E-state index contributed by atoms with van der Waals surface area (Å²) in [6.45, 7) is 0.662. The lowest BCUT2D eigenvalue weighted by atomic mass is 9.97.